The van der Waals surface area contributed by atoms with Gasteiger partial charge in [-0.05, 0) is 32.0 Å². The molecule has 2 heterocycles. The smallest absolute Gasteiger partial charge is 0.271 e. The highest BCUT2D eigenvalue weighted by molar-refractivity contribution is 6.31. The second kappa shape index (κ2) is 6.42. The zero-order chi connectivity index (χ0) is 18.2. The third-order valence-electron chi connectivity index (χ3n) is 3.51. The summed E-state index contributed by atoms with van der Waals surface area (Å²) in [6, 6.07) is 4.57. The number of benzene rings is 1. The van der Waals surface area contributed by atoms with Crippen molar-refractivity contribution >= 4 is 28.4 Å². The predicted octanol–water partition coefficient (Wildman–Crippen LogP) is 2.88. The maximum atomic E-state index is 13.6. The van der Waals surface area contributed by atoms with Gasteiger partial charge in [0.1, 0.15) is 17.2 Å². The molecule has 1 aromatic carbocycles. The Morgan fingerprint density at radius 2 is 2.12 bits per heavy atom. The number of carbonyl (C=O) groups is 1. The molecule has 0 saturated carbocycles. The zero-order valence-corrected chi connectivity index (χ0v) is 14.5. The summed E-state index contributed by atoms with van der Waals surface area (Å²) in [7, 11) is 0. The van der Waals surface area contributed by atoms with Crippen molar-refractivity contribution in [2.24, 2.45) is 5.73 Å². The van der Waals surface area contributed by atoms with Gasteiger partial charge in [-0.2, -0.15) is 0 Å². The van der Waals surface area contributed by atoms with Gasteiger partial charge in [0.2, 0.25) is 0 Å². The van der Waals surface area contributed by atoms with Gasteiger partial charge >= 0.3 is 0 Å². The van der Waals surface area contributed by atoms with Crippen molar-refractivity contribution in [1.29, 1.82) is 0 Å². The molecule has 130 valence electrons. The monoisotopic (exact) mass is 361 g/mol. The van der Waals surface area contributed by atoms with Crippen LogP contribution in [0.15, 0.2) is 30.6 Å². The SMILES string of the molecule is CC(C)(N)CNC(=O)c1cncc(-c2cc3cc(F)c(Cl)cc3[nH]2)n1. The minimum atomic E-state index is -0.527. The number of hydrogen-bond acceptors (Lipinski definition) is 4. The van der Waals surface area contributed by atoms with Crippen LogP contribution >= 0.6 is 11.6 Å². The number of aromatic amines is 1. The molecular weight excluding hydrogens is 345 g/mol. The Hall–Kier alpha value is -2.51. The summed E-state index contributed by atoms with van der Waals surface area (Å²) in [6.45, 7) is 3.93. The summed E-state index contributed by atoms with van der Waals surface area (Å²) in [5.74, 6) is -0.860. The molecule has 3 rings (SSSR count). The van der Waals surface area contributed by atoms with Crippen molar-refractivity contribution in [2.45, 2.75) is 19.4 Å². The van der Waals surface area contributed by atoms with E-state index in [1.807, 2.05) is 13.8 Å². The van der Waals surface area contributed by atoms with Gasteiger partial charge in [0, 0.05) is 23.0 Å². The lowest BCUT2D eigenvalue weighted by atomic mass is 10.1. The number of nitrogens with two attached hydrogens (primary N) is 1. The van der Waals surface area contributed by atoms with Crippen LogP contribution in [0.3, 0.4) is 0 Å². The molecule has 3 aromatic rings. The largest absolute Gasteiger partial charge is 0.353 e. The fourth-order valence-corrected chi connectivity index (χ4v) is 2.43. The molecular formula is C17H17ClFN5O. The van der Waals surface area contributed by atoms with Crippen LogP contribution in [0.2, 0.25) is 5.02 Å². The molecule has 0 aliphatic heterocycles. The Morgan fingerprint density at radius 1 is 1.36 bits per heavy atom. The minimum absolute atomic E-state index is 0.0320. The fraction of sp³-hybridized carbons (Fsp3) is 0.235. The van der Waals surface area contributed by atoms with Crippen LogP contribution in [0.1, 0.15) is 24.3 Å². The highest BCUT2D eigenvalue weighted by atomic mass is 35.5. The molecule has 8 heteroatoms. The van der Waals surface area contributed by atoms with Crippen LogP contribution in [-0.2, 0) is 0 Å². The Kier molecular flexibility index (Phi) is 4.45. The maximum Gasteiger partial charge on any atom is 0.271 e. The Balaban J connectivity index is 1.90. The number of hydrogen-bond donors (Lipinski definition) is 3. The van der Waals surface area contributed by atoms with E-state index in [1.165, 1.54) is 24.5 Å². The number of H-pyrrole nitrogens is 1. The summed E-state index contributed by atoms with van der Waals surface area (Å²) in [5, 5.41) is 3.40. The molecule has 0 saturated heterocycles. The van der Waals surface area contributed by atoms with Gasteiger partial charge < -0.3 is 16.0 Å². The lowest BCUT2D eigenvalue weighted by Gasteiger charge is -2.18. The predicted molar refractivity (Wildman–Crippen MR) is 94.9 cm³/mol. The van der Waals surface area contributed by atoms with E-state index >= 15 is 0 Å². The first-order valence-electron chi connectivity index (χ1n) is 7.60. The quantitative estimate of drug-likeness (QED) is 0.665. The number of amides is 1. The van der Waals surface area contributed by atoms with E-state index in [9.17, 15) is 9.18 Å². The lowest BCUT2D eigenvalue weighted by Crippen LogP contribution is -2.45. The molecule has 4 N–H and O–H groups in total. The van der Waals surface area contributed by atoms with Gasteiger partial charge in [-0.25, -0.2) is 9.37 Å². The zero-order valence-electron chi connectivity index (χ0n) is 13.7. The number of fused-ring (bicyclic) bond motifs is 1. The van der Waals surface area contributed by atoms with E-state index < -0.39 is 11.4 Å². The summed E-state index contributed by atoms with van der Waals surface area (Å²) in [4.78, 5) is 23.7. The van der Waals surface area contributed by atoms with E-state index in [0.29, 0.717) is 28.8 Å². The number of aromatic nitrogens is 3. The van der Waals surface area contributed by atoms with Gasteiger partial charge in [0.25, 0.3) is 5.91 Å². The Bertz CT molecular complexity index is 909. The number of rotatable bonds is 4. The first-order valence-corrected chi connectivity index (χ1v) is 7.98. The average Bonchev–Trinajstić information content (AvgIpc) is 2.95. The average molecular weight is 362 g/mol. The van der Waals surface area contributed by atoms with Crippen LogP contribution in [0.5, 0.6) is 0 Å². The topological polar surface area (TPSA) is 96.7 Å². The summed E-state index contributed by atoms with van der Waals surface area (Å²) in [6.07, 6.45) is 2.90. The van der Waals surface area contributed by atoms with Gasteiger partial charge in [0.15, 0.2) is 0 Å². The number of carbonyl (C=O) groups excluding carboxylic acids is 1. The third-order valence-corrected chi connectivity index (χ3v) is 3.80. The first kappa shape index (κ1) is 17.3. The van der Waals surface area contributed by atoms with Crippen molar-refractivity contribution in [3.8, 4) is 11.4 Å². The van der Waals surface area contributed by atoms with E-state index in [1.54, 1.807) is 6.07 Å². The molecule has 0 fully saturated rings. The highest BCUT2D eigenvalue weighted by Gasteiger charge is 2.16. The first-order chi connectivity index (χ1) is 11.7. The van der Waals surface area contributed by atoms with Crippen molar-refractivity contribution < 1.29 is 9.18 Å². The summed E-state index contributed by atoms with van der Waals surface area (Å²) < 4.78 is 13.6. The van der Waals surface area contributed by atoms with Crippen LogP contribution in [-0.4, -0.2) is 32.9 Å². The van der Waals surface area contributed by atoms with E-state index in [2.05, 4.69) is 20.3 Å². The molecule has 0 aliphatic rings. The minimum Gasteiger partial charge on any atom is -0.353 e. The molecule has 2 aromatic heterocycles. The number of halogens is 2. The van der Waals surface area contributed by atoms with Crippen LogP contribution in [0, 0.1) is 5.82 Å². The second-order valence-electron chi connectivity index (χ2n) is 6.50. The molecule has 1 amide bonds. The number of nitrogens with zero attached hydrogens (tertiary/aromatic N) is 2. The van der Waals surface area contributed by atoms with Crippen molar-refractivity contribution in [2.75, 3.05) is 6.54 Å². The molecule has 0 bridgehead atoms. The third kappa shape index (κ3) is 3.94. The van der Waals surface area contributed by atoms with Gasteiger partial charge in [-0.3, -0.25) is 9.78 Å². The van der Waals surface area contributed by atoms with E-state index in [0.717, 1.165) is 0 Å². The van der Waals surface area contributed by atoms with E-state index in [4.69, 9.17) is 17.3 Å². The van der Waals surface area contributed by atoms with Gasteiger partial charge in [0.05, 0.1) is 23.1 Å². The van der Waals surface area contributed by atoms with Gasteiger partial charge in [-0.1, -0.05) is 11.6 Å². The van der Waals surface area contributed by atoms with Gasteiger partial charge in [-0.15, -0.1) is 0 Å². The van der Waals surface area contributed by atoms with E-state index in [-0.39, 0.29) is 16.6 Å². The normalized spacial score (nSPS) is 11.7. The second-order valence-corrected chi connectivity index (χ2v) is 6.90. The fourth-order valence-electron chi connectivity index (χ4n) is 2.27. The highest BCUT2D eigenvalue weighted by Crippen LogP contribution is 2.27. The standard InChI is InChI=1S/C17H17ClFN5O/c1-17(2,20)8-22-16(25)15-7-21-6-14(24-15)13-4-9-3-11(19)10(18)5-12(9)23-13/h3-7,23H,8,20H2,1-2H3,(H,22,25). The van der Waals surface area contributed by atoms with Crippen LogP contribution in [0.25, 0.3) is 22.3 Å². The lowest BCUT2D eigenvalue weighted by molar-refractivity contribution is 0.0940. The molecule has 6 nitrogen and oxygen atoms in total. The van der Waals surface area contributed by atoms with Crippen molar-refractivity contribution in [3.63, 3.8) is 0 Å². The van der Waals surface area contributed by atoms with Crippen LogP contribution in [0.4, 0.5) is 4.39 Å². The van der Waals surface area contributed by atoms with Crippen LogP contribution < -0.4 is 11.1 Å². The van der Waals surface area contributed by atoms with Crippen molar-refractivity contribution in [1.82, 2.24) is 20.3 Å². The Labute approximate surface area is 148 Å². The molecule has 0 spiro atoms. The molecule has 0 atom stereocenters. The summed E-state index contributed by atoms with van der Waals surface area (Å²) >= 11 is 5.80. The maximum absolute atomic E-state index is 13.6. The summed E-state index contributed by atoms with van der Waals surface area (Å²) in [5.41, 5.74) is 7.24. The Morgan fingerprint density at radius 3 is 2.84 bits per heavy atom. The van der Waals surface area contributed by atoms with Crippen molar-refractivity contribution in [3.05, 3.63) is 47.1 Å². The molecule has 0 aliphatic carbocycles. The molecule has 0 unspecified atom stereocenters. The molecule has 25 heavy (non-hydrogen) atoms. The number of nitrogens with one attached hydrogen (secondary N) is 2. The molecule has 0 radical (unpaired) electrons.